The number of morpholine rings is 1. The largest absolute Gasteiger partial charge is 0.416 e. The number of hydrogen-bond acceptors (Lipinski definition) is 3. The third-order valence-electron chi connectivity index (χ3n) is 3.19. The highest BCUT2D eigenvalue weighted by atomic mass is 19.4. The van der Waals surface area contributed by atoms with E-state index in [0.29, 0.717) is 19.2 Å². The third-order valence-corrected chi connectivity index (χ3v) is 3.19. The second-order valence-electron chi connectivity index (χ2n) is 5.02. The molecule has 0 spiro atoms. The van der Waals surface area contributed by atoms with E-state index < -0.39 is 17.6 Å². The van der Waals surface area contributed by atoms with Crippen LogP contribution in [0, 0.1) is 5.82 Å². The smallest absolute Gasteiger partial charge is 0.375 e. The Labute approximate surface area is 124 Å². The molecule has 22 heavy (non-hydrogen) atoms. The summed E-state index contributed by atoms with van der Waals surface area (Å²) in [7, 11) is 0. The van der Waals surface area contributed by atoms with Crippen LogP contribution >= 0.6 is 0 Å². The van der Waals surface area contributed by atoms with Crippen LogP contribution in [0.15, 0.2) is 18.2 Å². The van der Waals surface area contributed by atoms with Crippen LogP contribution < -0.4 is 10.6 Å². The van der Waals surface area contributed by atoms with Gasteiger partial charge in [0.1, 0.15) is 5.82 Å². The van der Waals surface area contributed by atoms with Crippen LogP contribution in [0.25, 0.3) is 0 Å². The second-order valence-corrected chi connectivity index (χ2v) is 5.02. The molecular formula is C14H16F4N2O2. The number of benzene rings is 1. The van der Waals surface area contributed by atoms with E-state index in [4.69, 9.17) is 4.74 Å². The minimum atomic E-state index is -4.62. The summed E-state index contributed by atoms with van der Waals surface area (Å²) in [6.45, 7) is 1.61. The first kappa shape index (κ1) is 16.7. The fourth-order valence-corrected chi connectivity index (χ4v) is 2.15. The highest BCUT2D eigenvalue weighted by Gasteiger charge is 2.31. The maximum atomic E-state index is 13.2. The van der Waals surface area contributed by atoms with Gasteiger partial charge in [-0.1, -0.05) is 0 Å². The molecule has 0 aliphatic carbocycles. The number of halogens is 4. The van der Waals surface area contributed by atoms with Crippen molar-refractivity contribution in [3.63, 3.8) is 0 Å². The van der Waals surface area contributed by atoms with E-state index in [-0.39, 0.29) is 30.5 Å². The number of nitrogens with one attached hydrogen (secondary N) is 2. The zero-order chi connectivity index (χ0) is 16.2. The molecule has 8 heteroatoms. The lowest BCUT2D eigenvalue weighted by Gasteiger charge is -2.23. The average Bonchev–Trinajstić information content (AvgIpc) is 2.45. The summed E-state index contributed by atoms with van der Waals surface area (Å²) in [6.07, 6.45) is -4.77. The summed E-state index contributed by atoms with van der Waals surface area (Å²) in [5.74, 6) is -1.34. The van der Waals surface area contributed by atoms with E-state index in [1.807, 2.05) is 0 Å². The molecule has 1 amide bonds. The Balaban J connectivity index is 1.90. The summed E-state index contributed by atoms with van der Waals surface area (Å²) in [5.41, 5.74) is -1.01. The fourth-order valence-electron chi connectivity index (χ4n) is 2.15. The molecule has 0 radical (unpaired) electrons. The molecule has 1 aliphatic rings. The third kappa shape index (κ3) is 4.96. The number of rotatable bonds is 4. The van der Waals surface area contributed by atoms with Crippen molar-refractivity contribution in [3.05, 3.63) is 35.1 Å². The zero-order valence-corrected chi connectivity index (χ0v) is 11.7. The van der Waals surface area contributed by atoms with Gasteiger partial charge in [-0.15, -0.1) is 0 Å². The van der Waals surface area contributed by atoms with Crippen LogP contribution in [0.3, 0.4) is 0 Å². The van der Waals surface area contributed by atoms with Crippen LogP contribution in [0.4, 0.5) is 17.6 Å². The molecule has 1 atom stereocenters. The molecule has 2 rings (SSSR count). The Bertz CT molecular complexity index is 528. The van der Waals surface area contributed by atoms with Gasteiger partial charge < -0.3 is 15.4 Å². The normalized spacial score (nSPS) is 19.0. The predicted octanol–water partition coefficient (Wildman–Crippen LogP) is 1.84. The van der Waals surface area contributed by atoms with Crippen LogP contribution in [0.1, 0.15) is 17.5 Å². The summed E-state index contributed by atoms with van der Waals surface area (Å²) >= 11 is 0. The number of ether oxygens (including phenoxy) is 1. The number of alkyl halides is 3. The molecule has 1 aromatic carbocycles. The van der Waals surface area contributed by atoms with E-state index in [0.717, 1.165) is 18.7 Å². The van der Waals surface area contributed by atoms with Crippen molar-refractivity contribution in [3.8, 4) is 0 Å². The molecule has 1 unspecified atom stereocenters. The van der Waals surface area contributed by atoms with Crippen molar-refractivity contribution in [2.24, 2.45) is 0 Å². The quantitative estimate of drug-likeness (QED) is 0.833. The molecule has 0 bridgehead atoms. The highest BCUT2D eigenvalue weighted by molar-refractivity contribution is 5.76. The van der Waals surface area contributed by atoms with Gasteiger partial charge in [0, 0.05) is 19.6 Å². The maximum absolute atomic E-state index is 13.2. The molecule has 122 valence electrons. The number of hydrogen-bond donors (Lipinski definition) is 2. The van der Waals surface area contributed by atoms with Crippen molar-refractivity contribution in [2.75, 3.05) is 19.7 Å². The molecule has 1 aromatic rings. The van der Waals surface area contributed by atoms with Gasteiger partial charge >= 0.3 is 6.18 Å². The van der Waals surface area contributed by atoms with Crippen molar-refractivity contribution in [1.82, 2.24) is 10.6 Å². The Morgan fingerprint density at radius 3 is 2.77 bits per heavy atom. The lowest BCUT2D eigenvalue weighted by atomic mass is 10.1. The Morgan fingerprint density at radius 2 is 2.14 bits per heavy atom. The van der Waals surface area contributed by atoms with E-state index in [2.05, 4.69) is 10.6 Å². The van der Waals surface area contributed by atoms with Crippen molar-refractivity contribution < 1.29 is 27.1 Å². The van der Waals surface area contributed by atoms with Crippen LogP contribution in [-0.4, -0.2) is 31.7 Å². The first-order valence-electron chi connectivity index (χ1n) is 6.80. The Hall–Kier alpha value is -1.67. The monoisotopic (exact) mass is 320 g/mol. The molecule has 4 nitrogen and oxygen atoms in total. The minimum absolute atomic E-state index is 0.0587. The van der Waals surface area contributed by atoms with Gasteiger partial charge in [-0.05, 0) is 23.8 Å². The van der Waals surface area contributed by atoms with E-state index in [1.54, 1.807) is 0 Å². The van der Waals surface area contributed by atoms with Gasteiger partial charge in [0.05, 0.1) is 24.7 Å². The molecule has 1 aliphatic heterocycles. The summed E-state index contributed by atoms with van der Waals surface area (Å²) in [6, 6.07) is 2.21. The number of amides is 1. The molecule has 1 fully saturated rings. The van der Waals surface area contributed by atoms with Crippen LogP contribution in [-0.2, 0) is 22.3 Å². The van der Waals surface area contributed by atoms with Gasteiger partial charge in [0.25, 0.3) is 0 Å². The zero-order valence-electron chi connectivity index (χ0n) is 11.7. The lowest BCUT2D eigenvalue weighted by molar-refractivity contribution is -0.137. The van der Waals surface area contributed by atoms with Gasteiger partial charge in [-0.2, -0.15) is 13.2 Å². The average molecular weight is 320 g/mol. The van der Waals surface area contributed by atoms with E-state index >= 15 is 0 Å². The van der Waals surface area contributed by atoms with E-state index in [1.165, 1.54) is 0 Å². The first-order chi connectivity index (χ1) is 10.3. The topological polar surface area (TPSA) is 50.4 Å². The number of carbonyl (C=O) groups excluding carboxylic acids is 1. The Kier molecular flexibility index (Phi) is 5.36. The van der Waals surface area contributed by atoms with Crippen LogP contribution in [0.2, 0.25) is 0 Å². The van der Waals surface area contributed by atoms with Gasteiger partial charge in [0.15, 0.2) is 0 Å². The number of carbonyl (C=O) groups is 1. The molecule has 0 aromatic heterocycles. The maximum Gasteiger partial charge on any atom is 0.416 e. The minimum Gasteiger partial charge on any atom is -0.375 e. The lowest BCUT2D eigenvalue weighted by Crippen LogP contribution is -2.41. The van der Waals surface area contributed by atoms with Gasteiger partial charge in [0.2, 0.25) is 5.91 Å². The van der Waals surface area contributed by atoms with Crippen molar-refractivity contribution in [1.29, 1.82) is 0 Å². The van der Waals surface area contributed by atoms with Gasteiger partial charge in [-0.3, -0.25) is 4.79 Å². The van der Waals surface area contributed by atoms with E-state index in [9.17, 15) is 22.4 Å². The van der Waals surface area contributed by atoms with Crippen LogP contribution in [0.5, 0.6) is 0 Å². The molecule has 2 N–H and O–H groups in total. The Morgan fingerprint density at radius 1 is 1.36 bits per heavy atom. The SMILES string of the molecule is O=C(CC1CNCCO1)NCc1cc(F)cc(C(F)(F)F)c1. The molecule has 0 saturated carbocycles. The summed E-state index contributed by atoms with van der Waals surface area (Å²) in [4.78, 5) is 11.7. The highest BCUT2D eigenvalue weighted by Crippen LogP contribution is 2.30. The van der Waals surface area contributed by atoms with Gasteiger partial charge in [-0.25, -0.2) is 4.39 Å². The summed E-state index contributed by atoms with van der Waals surface area (Å²) < 4.78 is 56.3. The first-order valence-corrected chi connectivity index (χ1v) is 6.80. The molecular weight excluding hydrogens is 304 g/mol. The molecule has 1 heterocycles. The predicted molar refractivity (Wildman–Crippen MR) is 70.5 cm³/mol. The standard InChI is InChI=1S/C14H16F4N2O2/c15-11-4-9(3-10(5-11)14(16,17)18)7-20-13(21)6-12-8-19-1-2-22-12/h3-5,12,19H,1-2,6-8H2,(H,20,21). The fraction of sp³-hybridized carbons (Fsp3) is 0.500. The second kappa shape index (κ2) is 7.06. The van der Waals surface area contributed by atoms with Crippen molar-refractivity contribution in [2.45, 2.75) is 25.2 Å². The van der Waals surface area contributed by atoms with Crippen molar-refractivity contribution >= 4 is 5.91 Å². The summed E-state index contributed by atoms with van der Waals surface area (Å²) in [5, 5.41) is 5.54. The molecule has 1 saturated heterocycles.